The Kier molecular flexibility index (Phi) is 5.86. The fraction of sp³-hybridized carbons (Fsp3) is 0.875. The molecule has 20 heavy (non-hydrogen) atoms. The Hall–Kier alpha value is -1.06. The van der Waals surface area contributed by atoms with E-state index >= 15 is 0 Å². The van der Waals surface area contributed by atoms with Crippen molar-refractivity contribution in [3.63, 3.8) is 0 Å². The largest absolute Gasteiger partial charge is 0.464 e. The van der Waals surface area contributed by atoms with Gasteiger partial charge in [-0.25, -0.2) is 4.79 Å². The summed E-state index contributed by atoms with van der Waals surface area (Å²) in [4.78, 5) is 26.1. The van der Waals surface area contributed by atoms with Crippen LogP contribution in [0.3, 0.4) is 0 Å². The third-order valence-electron chi connectivity index (χ3n) is 4.62. The molecule has 1 aliphatic heterocycles. The van der Waals surface area contributed by atoms with Crippen molar-refractivity contribution in [2.75, 3.05) is 13.2 Å². The highest BCUT2D eigenvalue weighted by atomic mass is 16.5. The summed E-state index contributed by atoms with van der Waals surface area (Å²) < 4.78 is 5.11. The molecule has 1 heterocycles. The average Bonchev–Trinajstić information content (AvgIpc) is 2.98. The second-order valence-electron chi connectivity index (χ2n) is 6.04. The molecule has 0 N–H and O–H groups in total. The normalized spacial score (nSPS) is 23.9. The topological polar surface area (TPSA) is 46.6 Å². The zero-order valence-corrected chi connectivity index (χ0v) is 12.6. The van der Waals surface area contributed by atoms with Crippen molar-refractivity contribution in [3.05, 3.63) is 0 Å². The Morgan fingerprint density at radius 2 is 1.80 bits per heavy atom. The van der Waals surface area contributed by atoms with Crippen molar-refractivity contribution in [3.8, 4) is 0 Å². The Bertz CT molecular complexity index is 337. The lowest BCUT2D eigenvalue weighted by molar-refractivity contribution is -0.156. The highest BCUT2D eigenvalue weighted by molar-refractivity contribution is 5.84. The van der Waals surface area contributed by atoms with E-state index in [9.17, 15) is 9.59 Å². The van der Waals surface area contributed by atoms with Gasteiger partial charge in [0.05, 0.1) is 6.61 Å². The number of hydrogen-bond acceptors (Lipinski definition) is 3. The van der Waals surface area contributed by atoms with E-state index in [1.807, 2.05) is 6.92 Å². The molecule has 0 aromatic carbocycles. The van der Waals surface area contributed by atoms with Crippen LogP contribution in [0.15, 0.2) is 0 Å². The minimum absolute atomic E-state index is 0.148. The first kappa shape index (κ1) is 15.3. The van der Waals surface area contributed by atoms with E-state index in [1.165, 1.54) is 25.7 Å². The molecular formula is C16H27NO3. The molecule has 1 aliphatic carbocycles. The van der Waals surface area contributed by atoms with Crippen LogP contribution >= 0.6 is 0 Å². The van der Waals surface area contributed by atoms with Crippen molar-refractivity contribution in [1.29, 1.82) is 0 Å². The van der Waals surface area contributed by atoms with Gasteiger partial charge in [-0.3, -0.25) is 4.79 Å². The summed E-state index contributed by atoms with van der Waals surface area (Å²) in [6.07, 6.45) is 9.53. The monoisotopic (exact) mass is 281 g/mol. The van der Waals surface area contributed by atoms with Gasteiger partial charge in [-0.1, -0.05) is 25.7 Å². The highest BCUT2D eigenvalue weighted by Gasteiger charge is 2.33. The fourth-order valence-electron chi connectivity index (χ4n) is 3.48. The van der Waals surface area contributed by atoms with E-state index in [2.05, 4.69) is 0 Å². The summed E-state index contributed by atoms with van der Waals surface area (Å²) >= 11 is 0. The molecule has 0 radical (unpaired) electrons. The van der Waals surface area contributed by atoms with Crippen LogP contribution in [0.1, 0.15) is 64.7 Å². The van der Waals surface area contributed by atoms with Gasteiger partial charge in [0.2, 0.25) is 5.91 Å². The van der Waals surface area contributed by atoms with Gasteiger partial charge in [0.25, 0.3) is 0 Å². The molecule has 2 fully saturated rings. The number of carbonyl (C=O) groups is 2. The summed E-state index contributed by atoms with van der Waals surface area (Å²) in [6, 6.07) is -0.334. The molecule has 1 atom stereocenters. The van der Waals surface area contributed by atoms with Gasteiger partial charge in [0.1, 0.15) is 6.04 Å². The number of piperidine rings is 1. The molecule has 2 aliphatic rings. The highest BCUT2D eigenvalue weighted by Crippen LogP contribution is 2.29. The van der Waals surface area contributed by atoms with E-state index < -0.39 is 0 Å². The molecule has 114 valence electrons. The van der Waals surface area contributed by atoms with Crippen molar-refractivity contribution in [1.82, 2.24) is 4.90 Å². The molecular weight excluding hydrogens is 254 g/mol. The average molecular weight is 281 g/mol. The molecule has 1 saturated heterocycles. The lowest BCUT2D eigenvalue weighted by Gasteiger charge is -2.34. The maximum atomic E-state index is 12.4. The summed E-state index contributed by atoms with van der Waals surface area (Å²) in [5, 5.41) is 0. The van der Waals surface area contributed by atoms with Crippen molar-refractivity contribution in [2.45, 2.75) is 70.8 Å². The zero-order chi connectivity index (χ0) is 14.4. The van der Waals surface area contributed by atoms with E-state index in [4.69, 9.17) is 4.74 Å². The summed E-state index contributed by atoms with van der Waals surface area (Å²) in [6.45, 7) is 2.92. The second kappa shape index (κ2) is 7.65. The lowest BCUT2D eigenvalue weighted by Crippen LogP contribution is -2.48. The fourth-order valence-corrected chi connectivity index (χ4v) is 3.48. The zero-order valence-electron chi connectivity index (χ0n) is 12.6. The predicted molar refractivity (Wildman–Crippen MR) is 77.2 cm³/mol. The lowest BCUT2D eigenvalue weighted by atomic mass is 9.98. The minimum Gasteiger partial charge on any atom is -0.464 e. The standard InChI is InChI=1S/C16H27NO3/c1-2-20-16(19)14-9-5-6-12-17(14)15(18)11-10-13-7-3-4-8-13/h13-14H,2-12H2,1H3. The third kappa shape index (κ3) is 3.97. The Balaban J connectivity index is 1.85. The van der Waals surface area contributed by atoms with Crippen molar-refractivity contribution >= 4 is 11.9 Å². The first-order valence-corrected chi connectivity index (χ1v) is 8.18. The van der Waals surface area contributed by atoms with E-state index in [1.54, 1.807) is 4.90 Å². The van der Waals surface area contributed by atoms with Crippen LogP contribution in [0.25, 0.3) is 0 Å². The summed E-state index contributed by atoms with van der Waals surface area (Å²) in [5.41, 5.74) is 0. The minimum atomic E-state index is -0.334. The van der Waals surface area contributed by atoms with Gasteiger partial charge in [-0.2, -0.15) is 0 Å². The number of amides is 1. The van der Waals surface area contributed by atoms with Crippen LogP contribution in [0.2, 0.25) is 0 Å². The molecule has 0 aromatic heterocycles. The van der Waals surface area contributed by atoms with E-state index in [-0.39, 0.29) is 17.9 Å². The second-order valence-corrected chi connectivity index (χ2v) is 6.04. The van der Waals surface area contributed by atoms with Gasteiger partial charge in [-0.05, 0) is 38.5 Å². The van der Waals surface area contributed by atoms with Crippen LogP contribution in [-0.2, 0) is 14.3 Å². The number of carbonyl (C=O) groups excluding carboxylic acids is 2. The van der Waals surface area contributed by atoms with Crippen LogP contribution < -0.4 is 0 Å². The van der Waals surface area contributed by atoms with Crippen LogP contribution in [0.5, 0.6) is 0 Å². The van der Waals surface area contributed by atoms with Crippen molar-refractivity contribution < 1.29 is 14.3 Å². The number of nitrogens with zero attached hydrogens (tertiary/aromatic N) is 1. The van der Waals surface area contributed by atoms with E-state index in [0.717, 1.165) is 31.6 Å². The van der Waals surface area contributed by atoms with Crippen LogP contribution in [-0.4, -0.2) is 36.0 Å². The first-order chi connectivity index (χ1) is 9.72. The predicted octanol–water partition coefficient (Wildman–Crippen LogP) is 2.90. The van der Waals surface area contributed by atoms with Crippen LogP contribution in [0.4, 0.5) is 0 Å². The number of rotatable bonds is 5. The summed E-state index contributed by atoms with van der Waals surface area (Å²) in [5.74, 6) is 0.654. The van der Waals surface area contributed by atoms with Crippen molar-refractivity contribution in [2.24, 2.45) is 5.92 Å². The van der Waals surface area contributed by atoms with E-state index in [0.29, 0.717) is 19.6 Å². The molecule has 1 saturated carbocycles. The Morgan fingerprint density at radius 3 is 2.50 bits per heavy atom. The molecule has 1 unspecified atom stereocenters. The Labute approximate surface area is 121 Å². The first-order valence-electron chi connectivity index (χ1n) is 8.18. The number of esters is 1. The van der Waals surface area contributed by atoms with Gasteiger partial charge in [-0.15, -0.1) is 0 Å². The van der Waals surface area contributed by atoms with Gasteiger partial charge in [0.15, 0.2) is 0 Å². The van der Waals surface area contributed by atoms with Gasteiger partial charge < -0.3 is 9.64 Å². The number of hydrogen-bond donors (Lipinski definition) is 0. The third-order valence-corrected chi connectivity index (χ3v) is 4.62. The smallest absolute Gasteiger partial charge is 0.328 e. The number of ether oxygens (including phenoxy) is 1. The maximum absolute atomic E-state index is 12.4. The summed E-state index contributed by atoms with van der Waals surface area (Å²) in [7, 11) is 0. The molecule has 0 spiro atoms. The molecule has 0 aromatic rings. The molecule has 4 nitrogen and oxygen atoms in total. The molecule has 0 bridgehead atoms. The van der Waals surface area contributed by atoms with Gasteiger partial charge in [0, 0.05) is 13.0 Å². The molecule has 4 heteroatoms. The maximum Gasteiger partial charge on any atom is 0.328 e. The van der Waals surface area contributed by atoms with Crippen LogP contribution in [0, 0.1) is 5.92 Å². The Morgan fingerprint density at radius 1 is 1.10 bits per heavy atom. The quantitative estimate of drug-likeness (QED) is 0.728. The molecule has 1 amide bonds. The number of likely N-dealkylation sites (tertiary alicyclic amines) is 1. The van der Waals surface area contributed by atoms with Gasteiger partial charge >= 0.3 is 5.97 Å². The molecule has 2 rings (SSSR count). The SMILES string of the molecule is CCOC(=O)C1CCCCN1C(=O)CCC1CCCC1.